The minimum Gasteiger partial charge on any atom is -0.493 e. The van der Waals surface area contributed by atoms with E-state index in [1.165, 1.54) is 0 Å². The van der Waals surface area contributed by atoms with E-state index < -0.39 is 0 Å². The zero-order chi connectivity index (χ0) is 16.1. The van der Waals surface area contributed by atoms with Gasteiger partial charge in [-0.1, -0.05) is 0 Å². The molecule has 1 aliphatic heterocycles. The van der Waals surface area contributed by atoms with E-state index in [-0.39, 0.29) is 24.4 Å². The molecule has 1 heterocycles. The lowest BCUT2D eigenvalue weighted by Crippen LogP contribution is -2.43. The molecule has 5 nitrogen and oxygen atoms in total. The first-order chi connectivity index (χ1) is 10.6. The molecule has 1 aromatic carbocycles. The predicted octanol–water partition coefficient (Wildman–Crippen LogP) is 3.10. The fourth-order valence-electron chi connectivity index (χ4n) is 2.69. The summed E-state index contributed by atoms with van der Waals surface area (Å²) in [6, 6.07) is 3.83. The van der Waals surface area contributed by atoms with Crippen LogP contribution in [0.3, 0.4) is 0 Å². The Bertz CT molecular complexity index is 536. The van der Waals surface area contributed by atoms with Crippen molar-refractivity contribution < 1.29 is 14.3 Å². The molecule has 0 bridgehead atoms. The van der Waals surface area contributed by atoms with Crippen LogP contribution in [-0.4, -0.2) is 50.7 Å². The van der Waals surface area contributed by atoms with Crippen LogP contribution >= 0.6 is 28.3 Å². The van der Waals surface area contributed by atoms with Crippen molar-refractivity contribution in [1.82, 2.24) is 10.2 Å². The summed E-state index contributed by atoms with van der Waals surface area (Å²) < 4.78 is 11.7. The Morgan fingerprint density at radius 1 is 1.39 bits per heavy atom. The zero-order valence-electron chi connectivity index (χ0n) is 13.7. The number of methoxy groups -OCH3 is 1. The summed E-state index contributed by atoms with van der Waals surface area (Å²) in [7, 11) is 3.45. The topological polar surface area (TPSA) is 50.8 Å². The number of rotatable bonds is 5. The summed E-state index contributed by atoms with van der Waals surface area (Å²) >= 11 is 3.47. The molecule has 7 heteroatoms. The Hall–Kier alpha value is -0.980. The molecule has 23 heavy (non-hydrogen) atoms. The Kier molecular flexibility index (Phi) is 8.16. The average molecular weight is 408 g/mol. The zero-order valence-corrected chi connectivity index (χ0v) is 16.1. The third-order valence-electron chi connectivity index (χ3n) is 3.94. The fraction of sp³-hybridized carbons (Fsp3) is 0.562. The van der Waals surface area contributed by atoms with Crippen molar-refractivity contribution in [2.24, 2.45) is 0 Å². The van der Waals surface area contributed by atoms with Crippen molar-refractivity contribution in [3.63, 3.8) is 0 Å². The average Bonchev–Trinajstić information content (AvgIpc) is 2.56. The van der Waals surface area contributed by atoms with E-state index in [0.29, 0.717) is 23.7 Å². The monoisotopic (exact) mass is 406 g/mol. The lowest BCUT2D eigenvalue weighted by Gasteiger charge is -2.31. The highest BCUT2D eigenvalue weighted by molar-refractivity contribution is 9.10. The molecule has 1 fully saturated rings. The summed E-state index contributed by atoms with van der Waals surface area (Å²) in [6.45, 7) is 4.37. The Morgan fingerprint density at radius 2 is 2.04 bits per heavy atom. The minimum absolute atomic E-state index is 0. The van der Waals surface area contributed by atoms with E-state index in [9.17, 15) is 4.79 Å². The number of nitrogens with zero attached hydrogens (tertiary/aromatic N) is 1. The van der Waals surface area contributed by atoms with Crippen LogP contribution in [-0.2, 0) is 0 Å². The Labute approximate surface area is 152 Å². The number of piperidine rings is 1. The SMILES string of the molecule is CCOc1c(Br)cc(C(=O)N(C)C2CCNCC2)cc1OC.Cl. The molecule has 0 radical (unpaired) electrons. The van der Waals surface area contributed by atoms with Crippen molar-refractivity contribution in [2.45, 2.75) is 25.8 Å². The molecule has 1 aliphatic rings. The summed E-state index contributed by atoms with van der Waals surface area (Å²) in [6.07, 6.45) is 1.97. The standard InChI is InChI=1S/C16H23BrN2O3.ClH/c1-4-22-15-13(17)9-11(10-14(15)21-3)16(20)19(2)12-5-7-18-8-6-12;/h9-10,12,18H,4-8H2,1-3H3;1H. The van der Waals surface area contributed by atoms with Gasteiger partial charge in [0, 0.05) is 18.7 Å². The van der Waals surface area contributed by atoms with Crippen LogP contribution in [0.5, 0.6) is 11.5 Å². The van der Waals surface area contributed by atoms with E-state index in [4.69, 9.17) is 9.47 Å². The predicted molar refractivity (Wildman–Crippen MR) is 97.1 cm³/mol. The van der Waals surface area contributed by atoms with Gasteiger partial charge in [0.15, 0.2) is 11.5 Å². The third-order valence-corrected chi connectivity index (χ3v) is 4.53. The molecule has 2 rings (SSSR count). The summed E-state index contributed by atoms with van der Waals surface area (Å²) in [4.78, 5) is 14.6. The van der Waals surface area contributed by atoms with E-state index in [2.05, 4.69) is 21.2 Å². The number of carbonyl (C=O) groups is 1. The highest BCUT2D eigenvalue weighted by atomic mass is 79.9. The van der Waals surface area contributed by atoms with Gasteiger partial charge in [-0.3, -0.25) is 4.79 Å². The van der Waals surface area contributed by atoms with Crippen molar-refractivity contribution in [1.29, 1.82) is 0 Å². The third kappa shape index (κ3) is 4.75. The Balaban J connectivity index is 0.00000264. The van der Waals surface area contributed by atoms with Gasteiger partial charge in [-0.25, -0.2) is 0 Å². The van der Waals surface area contributed by atoms with Crippen LogP contribution in [0.4, 0.5) is 0 Å². The van der Waals surface area contributed by atoms with Gasteiger partial charge in [0.2, 0.25) is 0 Å². The van der Waals surface area contributed by atoms with Crippen LogP contribution in [0.25, 0.3) is 0 Å². The molecule has 1 aromatic rings. The maximum Gasteiger partial charge on any atom is 0.254 e. The lowest BCUT2D eigenvalue weighted by molar-refractivity contribution is 0.0702. The molecule has 1 N–H and O–H groups in total. The van der Waals surface area contributed by atoms with Gasteiger partial charge in [-0.2, -0.15) is 0 Å². The van der Waals surface area contributed by atoms with Crippen molar-refractivity contribution in [2.75, 3.05) is 33.9 Å². The molecule has 1 saturated heterocycles. The molecule has 0 aromatic heterocycles. The molecular weight excluding hydrogens is 384 g/mol. The van der Waals surface area contributed by atoms with Crippen molar-refractivity contribution in [3.8, 4) is 11.5 Å². The molecule has 0 unspecified atom stereocenters. The second kappa shape index (κ2) is 9.35. The van der Waals surface area contributed by atoms with Crippen LogP contribution in [0, 0.1) is 0 Å². The van der Waals surface area contributed by atoms with Gasteiger partial charge in [-0.05, 0) is 60.9 Å². The highest BCUT2D eigenvalue weighted by Gasteiger charge is 2.24. The first kappa shape index (κ1) is 20.1. The maximum absolute atomic E-state index is 12.7. The minimum atomic E-state index is 0. The maximum atomic E-state index is 12.7. The summed E-state index contributed by atoms with van der Waals surface area (Å²) in [5.74, 6) is 1.21. The number of hydrogen-bond acceptors (Lipinski definition) is 4. The van der Waals surface area contributed by atoms with Crippen molar-refractivity contribution >= 4 is 34.2 Å². The van der Waals surface area contributed by atoms with Crippen LogP contribution in [0.15, 0.2) is 16.6 Å². The van der Waals surface area contributed by atoms with Crippen LogP contribution < -0.4 is 14.8 Å². The molecule has 0 saturated carbocycles. The van der Waals surface area contributed by atoms with E-state index >= 15 is 0 Å². The van der Waals surface area contributed by atoms with Gasteiger partial charge in [0.05, 0.1) is 18.2 Å². The largest absolute Gasteiger partial charge is 0.493 e. The summed E-state index contributed by atoms with van der Waals surface area (Å²) in [5.41, 5.74) is 0.605. The number of hydrogen-bond donors (Lipinski definition) is 1. The van der Waals surface area contributed by atoms with Crippen molar-refractivity contribution in [3.05, 3.63) is 22.2 Å². The van der Waals surface area contributed by atoms with Crippen LogP contribution in [0.1, 0.15) is 30.1 Å². The highest BCUT2D eigenvalue weighted by Crippen LogP contribution is 2.37. The number of benzene rings is 1. The van der Waals surface area contributed by atoms with Gasteiger partial charge < -0.3 is 19.7 Å². The first-order valence-corrected chi connectivity index (χ1v) is 8.36. The smallest absolute Gasteiger partial charge is 0.254 e. The van der Waals surface area contributed by atoms with E-state index in [0.717, 1.165) is 30.4 Å². The number of nitrogens with one attached hydrogen (secondary N) is 1. The molecule has 130 valence electrons. The lowest BCUT2D eigenvalue weighted by atomic mass is 10.0. The number of ether oxygens (including phenoxy) is 2. The second-order valence-electron chi connectivity index (χ2n) is 5.32. The van der Waals surface area contributed by atoms with Gasteiger partial charge in [0.25, 0.3) is 5.91 Å². The second-order valence-corrected chi connectivity index (χ2v) is 6.17. The molecule has 0 atom stereocenters. The number of carbonyl (C=O) groups excluding carboxylic acids is 1. The summed E-state index contributed by atoms with van der Waals surface area (Å²) in [5, 5.41) is 3.32. The fourth-order valence-corrected chi connectivity index (χ4v) is 3.25. The number of halogens is 2. The van der Waals surface area contributed by atoms with E-state index in [1.54, 1.807) is 19.2 Å². The van der Waals surface area contributed by atoms with Gasteiger partial charge >= 0.3 is 0 Å². The number of amides is 1. The first-order valence-electron chi connectivity index (χ1n) is 7.56. The van der Waals surface area contributed by atoms with E-state index in [1.807, 2.05) is 18.9 Å². The molecule has 0 spiro atoms. The van der Waals surface area contributed by atoms with Crippen LogP contribution in [0.2, 0.25) is 0 Å². The quantitative estimate of drug-likeness (QED) is 0.815. The molecule has 0 aliphatic carbocycles. The van der Waals surface area contributed by atoms with Gasteiger partial charge in [0.1, 0.15) is 0 Å². The normalized spacial score (nSPS) is 14.8. The Morgan fingerprint density at radius 3 is 2.61 bits per heavy atom. The molecule has 1 amide bonds. The van der Waals surface area contributed by atoms with Gasteiger partial charge in [-0.15, -0.1) is 12.4 Å². The molecular formula is C16H24BrClN2O3.